The van der Waals surface area contributed by atoms with Crippen molar-refractivity contribution in [2.75, 3.05) is 0 Å². The quantitative estimate of drug-likeness (QED) is 0.638. The van der Waals surface area contributed by atoms with Gasteiger partial charge in [0.2, 0.25) is 0 Å². The Morgan fingerprint density at radius 2 is 2.14 bits per heavy atom. The van der Waals surface area contributed by atoms with Crippen molar-refractivity contribution in [1.29, 1.82) is 0 Å². The Labute approximate surface area is 76.2 Å². The zero-order chi connectivity index (χ0) is 10.9. The molecule has 0 aromatic carbocycles. The number of primary amides is 1. The first-order valence-corrected chi connectivity index (χ1v) is 3.47. The lowest BCUT2D eigenvalue weighted by molar-refractivity contribution is 0.0991. The van der Waals surface area contributed by atoms with Gasteiger partial charge in [-0.1, -0.05) is 0 Å². The number of alkyl halides is 2. The number of halogens is 2. The van der Waals surface area contributed by atoms with E-state index in [1.807, 2.05) is 0 Å². The molecule has 7 heteroatoms. The number of hydrogen-bond donors (Lipinski definition) is 3. The molecule has 0 aliphatic carbocycles. The van der Waals surface area contributed by atoms with E-state index in [4.69, 9.17) is 10.8 Å². The van der Waals surface area contributed by atoms with Gasteiger partial charge in [0.25, 0.3) is 17.9 Å². The van der Waals surface area contributed by atoms with Crippen LogP contribution in [0.4, 0.5) is 8.78 Å². The lowest BCUT2D eigenvalue weighted by atomic mass is 10.2. The number of aromatic hydroxyl groups is 1. The molecule has 0 aliphatic rings. The first kappa shape index (κ1) is 10.2. The summed E-state index contributed by atoms with van der Waals surface area (Å²) in [6.07, 6.45) is -3.02. The maximum atomic E-state index is 12.1. The monoisotopic (exact) mass is 204 g/mol. The van der Waals surface area contributed by atoms with Gasteiger partial charge in [-0.15, -0.1) is 0 Å². The SMILES string of the molecule is NC(=O)c1[nH]c(=O)c(C(F)F)cc1O. The van der Waals surface area contributed by atoms with Gasteiger partial charge in [0.05, 0.1) is 5.56 Å². The molecule has 0 atom stereocenters. The van der Waals surface area contributed by atoms with E-state index in [1.165, 1.54) is 0 Å². The summed E-state index contributed by atoms with van der Waals surface area (Å²) in [7, 11) is 0. The van der Waals surface area contributed by atoms with Crippen LogP contribution in [-0.4, -0.2) is 16.0 Å². The highest BCUT2D eigenvalue weighted by atomic mass is 19.3. The highest BCUT2D eigenvalue weighted by Gasteiger charge is 2.17. The minimum absolute atomic E-state index is 0.517. The van der Waals surface area contributed by atoms with Crippen molar-refractivity contribution < 1.29 is 18.7 Å². The van der Waals surface area contributed by atoms with Crippen LogP contribution >= 0.6 is 0 Å². The number of aromatic nitrogens is 1. The van der Waals surface area contributed by atoms with Crippen LogP contribution in [0.1, 0.15) is 22.5 Å². The van der Waals surface area contributed by atoms with E-state index in [0.29, 0.717) is 6.07 Å². The zero-order valence-corrected chi connectivity index (χ0v) is 6.75. The van der Waals surface area contributed by atoms with E-state index in [2.05, 4.69) is 0 Å². The summed E-state index contributed by atoms with van der Waals surface area (Å²) < 4.78 is 24.2. The number of H-pyrrole nitrogens is 1. The number of carbonyl (C=O) groups is 1. The van der Waals surface area contributed by atoms with Crippen LogP contribution in [-0.2, 0) is 0 Å². The summed E-state index contributed by atoms with van der Waals surface area (Å²) in [5.41, 5.74) is 2.11. The van der Waals surface area contributed by atoms with Crippen LogP contribution in [0.25, 0.3) is 0 Å². The van der Waals surface area contributed by atoms with Gasteiger partial charge >= 0.3 is 0 Å². The summed E-state index contributed by atoms with van der Waals surface area (Å²) >= 11 is 0. The van der Waals surface area contributed by atoms with E-state index >= 15 is 0 Å². The maximum Gasteiger partial charge on any atom is 0.269 e. The molecule has 0 spiro atoms. The van der Waals surface area contributed by atoms with Crippen LogP contribution in [0.5, 0.6) is 5.75 Å². The van der Waals surface area contributed by atoms with E-state index in [1.54, 1.807) is 4.98 Å². The van der Waals surface area contributed by atoms with Crippen LogP contribution in [0, 0.1) is 0 Å². The molecule has 76 valence electrons. The topological polar surface area (TPSA) is 96.2 Å². The first-order chi connectivity index (χ1) is 6.43. The number of nitrogens with one attached hydrogen (secondary N) is 1. The third-order valence-electron chi connectivity index (χ3n) is 1.53. The molecule has 1 aromatic rings. The summed E-state index contributed by atoms with van der Waals surface area (Å²) in [6.45, 7) is 0. The van der Waals surface area contributed by atoms with Gasteiger partial charge in [0, 0.05) is 0 Å². The Morgan fingerprint density at radius 1 is 1.57 bits per heavy atom. The van der Waals surface area contributed by atoms with Crippen molar-refractivity contribution in [2.24, 2.45) is 5.73 Å². The third kappa shape index (κ3) is 1.70. The molecular weight excluding hydrogens is 198 g/mol. The van der Waals surface area contributed by atoms with Crippen LogP contribution in [0.15, 0.2) is 10.9 Å². The molecule has 1 aromatic heterocycles. The second-order valence-electron chi connectivity index (χ2n) is 2.48. The first-order valence-electron chi connectivity index (χ1n) is 3.47. The number of rotatable bonds is 2. The molecule has 0 bridgehead atoms. The van der Waals surface area contributed by atoms with Crippen LogP contribution < -0.4 is 11.3 Å². The lowest BCUT2D eigenvalue weighted by Crippen LogP contribution is -2.21. The molecule has 0 fully saturated rings. The van der Waals surface area contributed by atoms with Crippen molar-refractivity contribution >= 4 is 5.91 Å². The van der Waals surface area contributed by atoms with Crippen LogP contribution in [0.2, 0.25) is 0 Å². The van der Waals surface area contributed by atoms with E-state index in [-0.39, 0.29) is 0 Å². The van der Waals surface area contributed by atoms with Crippen molar-refractivity contribution in [3.05, 3.63) is 27.7 Å². The average molecular weight is 204 g/mol. The molecule has 5 nitrogen and oxygen atoms in total. The minimum atomic E-state index is -3.02. The number of hydrogen-bond acceptors (Lipinski definition) is 3. The Kier molecular flexibility index (Phi) is 2.50. The zero-order valence-electron chi connectivity index (χ0n) is 6.75. The number of nitrogens with two attached hydrogens (primary N) is 1. The summed E-state index contributed by atoms with van der Waals surface area (Å²) in [5, 5.41) is 9.03. The molecule has 1 heterocycles. The molecule has 1 amide bonds. The summed E-state index contributed by atoms with van der Waals surface area (Å²) in [4.78, 5) is 23.2. The maximum absolute atomic E-state index is 12.1. The number of aromatic amines is 1. The molecule has 0 radical (unpaired) electrons. The second-order valence-corrected chi connectivity index (χ2v) is 2.48. The summed E-state index contributed by atoms with van der Waals surface area (Å²) in [6, 6.07) is 0.517. The fourth-order valence-electron chi connectivity index (χ4n) is 0.885. The standard InChI is InChI=1S/C7H6F2N2O3/c8-5(9)2-1-3(12)4(6(10)13)11-7(2)14/h1,5,12H,(H2,10,13)(H,11,14). The van der Waals surface area contributed by atoms with Crippen molar-refractivity contribution in [2.45, 2.75) is 6.43 Å². The van der Waals surface area contributed by atoms with Crippen LogP contribution in [0.3, 0.4) is 0 Å². The second kappa shape index (κ2) is 3.44. The average Bonchev–Trinajstić information content (AvgIpc) is 2.07. The van der Waals surface area contributed by atoms with Gasteiger partial charge in [-0.05, 0) is 6.07 Å². The molecule has 0 aliphatic heterocycles. The van der Waals surface area contributed by atoms with E-state index < -0.39 is 34.9 Å². The van der Waals surface area contributed by atoms with Crippen molar-refractivity contribution in [3.8, 4) is 5.75 Å². The van der Waals surface area contributed by atoms with Gasteiger partial charge in [-0.2, -0.15) is 0 Å². The molecule has 0 unspecified atom stereocenters. The fraction of sp³-hybridized carbons (Fsp3) is 0.143. The Hall–Kier alpha value is -1.92. The number of amides is 1. The van der Waals surface area contributed by atoms with Gasteiger partial charge in [0.15, 0.2) is 0 Å². The molecule has 14 heavy (non-hydrogen) atoms. The predicted octanol–water partition coefficient (Wildman–Crippen LogP) is 0.117. The predicted molar refractivity (Wildman–Crippen MR) is 42.2 cm³/mol. The number of pyridine rings is 1. The molecule has 4 N–H and O–H groups in total. The normalized spacial score (nSPS) is 10.5. The molecular formula is C7H6F2N2O3. The lowest BCUT2D eigenvalue weighted by Gasteiger charge is -2.02. The minimum Gasteiger partial charge on any atom is -0.506 e. The van der Waals surface area contributed by atoms with Gasteiger partial charge in [-0.3, -0.25) is 9.59 Å². The molecule has 0 saturated heterocycles. The highest BCUT2D eigenvalue weighted by molar-refractivity contribution is 5.93. The molecule has 1 rings (SSSR count). The van der Waals surface area contributed by atoms with E-state index in [0.717, 1.165) is 0 Å². The van der Waals surface area contributed by atoms with Gasteiger partial charge in [0.1, 0.15) is 11.4 Å². The largest absolute Gasteiger partial charge is 0.506 e. The Balaban J connectivity index is 3.39. The van der Waals surface area contributed by atoms with Gasteiger partial charge in [-0.25, -0.2) is 8.78 Å². The smallest absolute Gasteiger partial charge is 0.269 e. The van der Waals surface area contributed by atoms with Crippen molar-refractivity contribution in [3.63, 3.8) is 0 Å². The fourth-order valence-corrected chi connectivity index (χ4v) is 0.885. The third-order valence-corrected chi connectivity index (χ3v) is 1.53. The Morgan fingerprint density at radius 3 is 2.57 bits per heavy atom. The Bertz CT molecular complexity index is 427. The van der Waals surface area contributed by atoms with Crippen molar-refractivity contribution in [1.82, 2.24) is 4.98 Å². The molecule has 0 saturated carbocycles. The van der Waals surface area contributed by atoms with Gasteiger partial charge < -0.3 is 15.8 Å². The number of carbonyl (C=O) groups excluding carboxylic acids is 1. The highest BCUT2D eigenvalue weighted by Crippen LogP contribution is 2.20. The van der Waals surface area contributed by atoms with E-state index in [9.17, 15) is 18.4 Å². The summed E-state index contributed by atoms with van der Waals surface area (Å²) in [5.74, 6) is -1.87.